The fraction of sp³-hybridized carbons (Fsp3) is 0.276. The van der Waals surface area contributed by atoms with Crippen LogP contribution in [0.5, 0.6) is 5.75 Å². The lowest BCUT2D eigenvalue weighted by Crippen LogP contribution is -2.34. The molecule has 1 heterocycles. The van der Waals surface area contributed by atoms with Crippen molar-refractivity contribution in [2.75, 3.05) is 11.9 Å². The topological polar surface area (TPSA) is 76.4 Å². The van der Waals surface area contributed by atoms with E-state index in [2.05, 4.69) is 50.5 Å². The first-order valence-corrected chi connectivity index (χ1v) is 12.6. The molecule has 3 aromatic carbocycles. The molecule has 1 amide bonds. The molecule has 0 radical (unpaired) electrons. The van der Waals surface area contributed by atoms with Gasteiger partial charge in [-0.25, -0.2) is 4.98 Å². The van der Waals surface area contributed by atoms with E-state index in [1.54, 1.807) is 24.3 Å². The number of anilines is 1. The highest BCUT2D eigenvalue weighted by atomic mass is 32.1. The molecular weight excluding hydrogens is 470 g/mol. The Morgan fingerprint density at radius 3 is 2.56 bits per heavy atom. The van der Waals surface area contributed by atoms with Gasteiger partial charge in [-0.3, -0.25) is 10.1 Å². The summed E-state index contributed by atoms with van der Waals surface area (Å²) in [6.45, 7) is 9.18. The fourth-order valence-electron chi connectivity index (χ4n) is 3.64. The summed E-state index contributed by atoms with van der Waals surface area (Å²) >= 11 is 5.36. The first kappa shape index (κ1) is 25.4. The molecule has 0 saturated heterocycles. The Balaban J connectivity index is 1.41. The van der Waals surface area contributed by atoms with Crippen molar-refractivity contribution in [3.05, 3.63) is 77.9 Å². The van der Waals surface area contributed by atoms with Crippen molar-refractivity contribution < 1.29 is 13.9 Å². The van der Waals surface area contributed by atoms with E-state index in [1.165, 1.54) is 5.56 Å². The van der Waals surface area contributed by atoms with E-state index >= 15 is 0 Å². The number of oxazole rings is 1. The van der Waals surface area contributed by atoms with Crippen LogP contribution in [0, 0.1) is 5.92 Å². The molecule has 1 atom stereocenters. The second-order valence-electron chi connectivity index (χ2n) is 9.27. The Morgan fingerprint density at radius 1 is 1.06 bits per heavy atom. The highest BCUT2D eigenvalue weighted by Crippen LogP contribution is 2.29. The van der Waals surface area contributed by atoms with Crippen LogP contribution in [0.2, 0.25) is 0 Å². The zero-order valence-corrected chi connectivity index (χ0v) is 21.8. The largest absolute Gasteiger partial charge is 0.493 e. The van der Waals surface area contributed by atoms with E-state index in [-0.39, 0.29) is 11.0 Å². The zero-order valence-electron chi connectivity index (χ0n) is 21.0. The summed E-state index contributed by atoms with van der Waals surface area (Å²) in [5.41, 5.74) is 4.86. The van der Waals surface area contributed by atoms with Crippen molar-refractivity contribution in [2.24, 2.45) is 5.92 Å². The molecule has 1 aromatic heterocycles. The Hall–Kier alpha value is -3.71. The van der Waals surface area contributed by atoms with E-state index in [0.29, 0.717) is 29.9 Å². The number of thiocarbonyl (C=S) groups is 1. The maximum absolute atomic E-state index is 12.6. The predicted octanol–water partition coefficient (Wildman–Crippen LogP) is 7.17. The molecule has 0 unspecified atom stereocenters. The lowest BCUT2D eigenvalue weighted by Gasteiger charge is -2.11. The third-order valence-electron chi connectivity index (χ3n) is 5.89. The summed E-state index contributed by atoms with van der Waals surface area (Å²) < 4.78 is 11.7. The van der Waals surface area contributed by atoms with E-state index in [9.17, 15) is 4.79 Å². The minimum Gasteiger partial charge on any atom is -0.493 e. The van der Waals surface area contributed by atoms with E-state index in [4.69, 9.17) is 26.4 Å². The number of nitrogens with one attached hydrogen (secondary N) is 2. The van der Waals surface area contributed by atoms with Crippen LogP contribution in [-0.2, 0) is 0 Å². The van der Waals surface area contributed by atoms with Gasteiger partial charge in [-0.1, -0.05) is 39.8 Å². The summed E-state index contributed by atoms with van der Waals surface area (Å²) in [5.74, 6) is 1.86. The second kappa shape index (κ2) is 11.4. The number of aromatic nitrogens is 1. The Labute approximate surface area is 217 Å². The molecule has 2 N–H and O–H groups in total. The minimum absolute atomic E-state index is 0.202. The van der Waals surface area contributed by atoms with Crippen LogP contribution in [0.15, 0.2) is 71.1 Å². The average Bonchev–Trinajstić information content (AvgIpc) is 3.31. The van der Waals surface area contributed by atoms with Crippen molar-refractivity contribution in [3.63, 3.8) is 0 Å². The van der Waals surface area contributed by atoms with E-state index in [0.717, 1.165) is 34.5 Å². The molecule has 186 valence electrons. The van der Waals surface area contributed by atoms with Gasteiger partial charge in [0.25, 0.3) is 5.91 Å². The van der Waals surface area contributed by atoms with Gasteiger partial charge in [0.2, 0.25) is 5.89 Å². The van der Waals surface area contributed by atoms with E-state index in [1.807, 2.05) is 30.3 Å². The van der Waals surface area contributed by atoms with Crippen LogP contribution in [-0.4, -0.2) is 22.6 Å². The Bertz CT molecular complexity index is 1360. The van der Waals surface area contributed by atoms with E-state index < -0.39 is 0 Å². The maximum Gasteiger partial charge on any atom is 0.257 e. The summed E-state index contributed by atoms with van der Waals surface area (Å²) in [5, 5.41) is 5.99. The smallest absolute Gasteiger partial charge is 0.257 e. The van der Waals surface area contributed by atoms with Crippen LogP contribution in [0.1, 0.15) is 56.0 Å². The van der Waals surface area contributed by atoms with Gasteiger partial charge >= 0.3 is 0 Å². The number of ether oxygens (including phenoxy) is 1. The number of hydrogen-bond donors (Lipinski definition) is 2. The first-order valence-electron chi connectivity index (χ1n) is 12.2. The molecule has 0 spiro atoms. The summed E-state index contributed by atoms with van der Waals surface area (Å²) in [7, 11) is 0. The standard InChI is InChI=1S/C29H31N3O3S/c1-5-19(4)21-11-14-26-25(16-21)31-28(35-26)22-7-6-8-23(15-22)30-29(36)32-27(33)20-9-12-24(13-10-20)34-17-18(2)3/h6-16,18-19H,5,17H2,1-4H3,(H2,30,32,33,36)/t19-/m1/s1. The number of benzene rings is 3. The molecule has 7 heteroatoms. The number of carbonyl (C=O) groups is 1. The average molecular weight is 502 g/mol. The maximum atomic E-state index is 12.6. The van der Waals surface area contributed by atoms with Crippen molar-refractivity contribution in [3.8, 4) is 17.2 Å². The number of carbonyl (C=O) groups excluding carboxylic acids is 1. The summed E-state index contributed by atoms with van der Waals surface area (Å²) in [6.07, 6.45) is 1.07. The molecule has 0 saturated carbocycles. The first-order chi connectivity index (χ1) is 17.3. The molecule has 0 aliphatic heterocycles. The van der Waals surface area contributed by atoms with Crippen LogP contribution in [0.3, 0.4) is 0 Å². The number of nitrogens with zero attached hydrogens (tertiary/aromatic N) is 1. The van der Waals surface area contributed by atoms with Crippen LogP contribution < -0.4 is 15.4 Å². The van der Waals surface area contributed by atoms with Gasteiger partial charge in [-0.15, -0.1) is 0 Å². The lowest BCUT2D eigenvalue weighted by atomic mass is 9.98. The van der Waals surface area contributed by atoms with Crippen LogP contribution in [0.4, 0.5) is 5.69 Å². The SMILES string of the molecule is CC[C@@H](C)c1ccc2oc(-c3cccc(NC(=S)NC(=O)c4ccc(OCC(C)C)cc4)c3)nc2c1. The molecule has 0 bridgehead atoms. The lowest BCUT2D eigenvalue weighted by molar-refractivity contribution is 0.0977. The molecule has 0 fully saturated rings. The highest BCUT2D eigenvalue weighted by Gasteiger charge is 2.13. The highest BCUT2D eigenvalue weighted by molar-refractivity contribution is 7.80. The summed E-state index contributed by atoms with van der Waals surface area (Å²) in [6, 6.07) is 20.7. The quantitative estimate of drug-likeness (QED) is 0.249. The molecule has 4 rings (SSSR count). The van der Waals surface area contributed by atoms with Gasteiger partial charge in [0, 0.05) is 16.8 Å². The van der Waals surface area contributed by atoms with Gasteiger partial charge in [-0.05, 0) is 90.6 Å². The second-order valence-corrected chi connectivity index (χ2v) is 9.68. The van der Waals surface area contributed by atoms with Crippen LogP contribution >= 0.6 is 12.2 Å². The monoisotopic (exact) mass is 501 g/mol. The van der Waals surface area contributed by atoms with Crippen molar-refractivity contribution in [2.45, 2.75) is 40.0 Å². The molecule has 4 aromatic rings. The van der Waals surface area contributed by atoms with Crippen molar-refractivity contribution in [1.29, 1.82) is 0 Å². The number of amides is 1. The number of hydrogen-bond acceptors (Lipinski definition) is 5. The Kier molecular flexibility index (Phi) is 8.00. The molecule has 0 aliphatic rings. The molecule has 6 nitrogen and oxygen atoms in total. The predicted molar refractivity (Wildman–Crippen MR) is 149 cm³/mol. The van der Waals surface area contributed by atoms with Crippen molar-refractivity contribution >= 4 is 40.0 Å². The summed E-state index contributed by atoms with van der Waals surface area (Å²) in [4.78, 5) is 17.3. The third kappa shape index (κ3) is 6.29. The normalized spacial score (nSPS) is 11.9. The molecular formula is C29H31N3O3S. The minimum atomic E-state index is -0.296. The third-order valence-corrected chi connectivity index (χ3v) is 6.09. The van der Waals surface area contributed by atoms with Gasteiger partial charge in [-0.2, -0.15) is 0 Å². The zero-order chi connectivity index (χ0) is 25.7. The van der Waals surface area contributed by atoms with Gasteiger partial charge < -0.3 is 14.5 Å². The van der Waals surface area contributed by atoms with Crippen molar-refractivity contribution in [1.82, 2.24) is 10.3 Å². The van der Waals surface area contributed by atoms with Gasteiger partial charge in [0.05, 0.1) is 6.61 Å². The Morgan fingerprint density at radius 2 is 1.83 bits per heavy atom. The van der Waals surface area contributed by atoms with Crippen LogP contribution in [0.25, 0.3) is 22.6 Å². The fourth-order valence-corrected chi connectivity index (χ4v) is 3.85. The van der Waals surface area contributed by atoms with Gasteiger partial charge in [0.1, 0.15) is 11.3 Å². The number of rotatable bonds is 8. The van der Waals surface area contributed by atoms with Gasteiger partial charge in [0.15, 0.2) is 10.7 Å². The molecule has 36 heavy (non-hydrogen) atoms. The number of fused-ring (bicyclic) bond motifs is 1. The molecule has 0 aliphatic carbocycles.